The molecule has 1 saturated heterocycles. The first-order valence-corrected chi connectivity index (χ1v) is 5.54. The van der Waals surface area contributed by atoms with Crippen molar-refractivity contribution in [3.8, 4) is 0 Å². The Balaban J connectivity index is 2.16. The topological polar surface area (TPSA) is 9.23 Å². The third-order valence-corrected chi connectivity index (χ3v) is 3.10. The fourth-order valence-electron chi connectivity index (χ4n) is 2.35. The molecule has 0 spiro atoms. The molecule has 1 heterocycles. The highest BCUT2D eigenvalue weighted by atomic mass is 16.5. The minimum atomic E-state index is 0.316. The average molecular weight is 198 g/mol. The Morgan fingerprint density at radius 2 is 1.87 bits per heavy atom. The van der Waals surface area contributed by atoms with Gasteiger partial charge in [-0.15, -0.1) is 0 Å². The van der Waals surface area contributed by atoms with Crippen LogP contribution >= 0.6 is 0 Å². The highest BCUT2D eigenvalue weighted by Gasteiger charge is 2.19. The Hall–Kier alpha value is -1.34. The lowest BCUT2D eigenvalue weighted by atomic mass is 9.99. The fourth-order valence-corrected chi connectivity index (χ4v) is 2.35. The average Bonchev–Trinajstić information content (AvgIpc) is 2.82. The van der Waals surface area contributed by atoms with Crippen LogP contribution in [0.5, 0.6) is 0 Å². The second-order valence-corrected chi connectivity index (χ2v) is 4.07. The summed E-state index contributed by atoms with van der Waals surface area (Å²) in [5, 5.41) is 2.65. The van der Waals surface area contributed by atoms with E-state index in [1.54, 1.807) is 0 Å². The number of ether oxygens (including phenoxy) is 1. The molecule has 1 nitrogen and oxygen atoms in total. The van der Waals surface area contributed by atoms with Crippen molar-refractivity contribution in [3.63, 3.8) is 0 Å². The summed E-state index contributed by atoms with van der Waals surface area (Å²) in [5.74, 6) is 0. The summed E-state index contributed by atoms with van der Waals surface area (Å²) in [6, 6.07) is 15.0. The van der Waals surface area contributed by atoms with Gasteiger partial charge >= 0.3 is 0 Å². The van der Waals surface area contributed by atoms with Gasteiger partial charge < -0.3 is 4.74 Å². The van der Waals surface area contributed by atoms with Crippen molar-refractivity contribution >= 4 is 10.8 Å². The van der Waals surface area contributed by atoms with Crippen LogP contribution in [0.15, 0.2) is 42.5 Å². The van der Waals surface area contributed by atoms with Gasteiger partial charge in [0.25, 0.3) is 0 Å². The molecule has 0 aromatic heterocycles. The zero-order chi connectivity index (χ0) is 10.1. The third kappa shape index (κ3) is 1.53. The molecule has 0 bridgehead atoms. The molecular formula is C14H14O. The van der Waals surface area contributed by atoms with Gasteiger partial charge in [0.1, 0.15) is 0 Å². The second kappa shape index (κ2) is 3.67. The van der Waals surface area contributed by atoms with Crippen LogP contribution in [0, 0.1) is 0 Å². The van der Waals surface area contributed by atoms with E-state index >= 15 is 0 Å². The summed E-state index contributed by atoms with van der Waals surface area (Å²) in [7, 11) is 0. The van der Waals surface area contributed by atoms with E-state index in [-0.39, 0.29) is 0 Å². The van der Waals surface area contributed by atoms with Crippen LogP contribution in [0.1, 0.15) is 24.5 Å². The van der Waals surface area contributed by atoms with Gasteiger partial charge in [0, 0.05) is 6.61 Å². The van der Waals surface area contributed by atoms with Crippen molar-refractivity contribution in [2.45, 2.75) is 18.9 Å². The molecule has 1 aliphatic rings. The van der Waals surface area contributed by atoms with Gasteiger partial charge in [0.2, 0.25) is 0 Å². The molecular weight excluding hydrogens is 184 g/mol. The lowest BCUT2D eigenvalue weighted by Crippen LogP contribution is -1.96. The molecule has 1 heteroatoms. The van der Waals surface area contributed by atoms with Gasteiger partial charge in [-0.05, 0) is 29.2 Å². The molecule has 76 valence electrons. The van der Waals surface area contributed by atoms with Crippen molar-refractivity contribution in [3.05, 3.63) is 48.0 Å². The third-order valence-electron chi connectivity index (χ3n) is 3.10. The minimum absolute atomic E-state index is 0.316. The number of fused-ring (bicyclic) bond motifs is 1. The zero-order valence-corrected chi connectivity index (χ0v) is 8.65. The van der Waals surface area contributed by atoms with Gasteiger partial charge in [-0.2, -0.15) is 0 Å². The van der Waals surface area contributed by atoms with E-state index in [2.05, 4.69) is 42.5 Å². The maximum absolute atomic E-state index is 5.75. The maximum Gasteiger partial charge on any atom is 0.0831 e. The first-order chi connectivity index (χ1) is 7.45. The molecule has 0 N–H and O–H groups in total. The second-order valence-electron chi connectivity index (χ2n) is 4.07. The number of hydrogen-bond acceptors (Lipinski definition) is 1. The van der Waals surface area contributed by atoms with Gasteiger partial charge in [-0.25, -0.2) is 0 Å². The van der Waals surface area contributed by atoms with E-state index in [9.17, 15) is 0 Å². The monoisotopic (exact) mass is 198 g/mol. The molecule has 0 radical (unpaired) electrons. The lowest BCUT2D eigenvalue weighted by molar-refractivity contribution is 0.113. The van der Waals surface area contributed by atoms with Crippen LogP contribution in [0.4, 0.5) is 0 Å². The van der Waals surface area contributed by atoms with Gasteiger partial charge in [-0.1, -0.05) is 42.5 Å². The Kier molecular flexibility index (Phi) is 2.18. The Morgan fingerprint density at radius 1 is 1.00 bits per heavy atom. The minimum Gasteiger partial charge on any atom is -0.374 e. The summed E-state index contributed by atoms with van der Waals surface area (Å²) in [6.07, 6.45) is 2.66. The normalized spacial score (nSPS) is 20.9. The molecule has 0 amide bonds. The molecule has 1 fully saturated rings. The highest BCUT2D eigenvalue weighted by Crippen LogP contribution is 2.33. The lowest BCUT2D eigenvalue weighted by Gasteiger charge is -2.12. The van der Waals surface area contributed by atoms with Crippen molar-refractivity contribution < 1.29 is 4.74 Å². The molecule has 3 rings (SSSR count). The summed E-state index contributed by atoms with van der Waals surface area (Å²) >= 11 is 0. The van der Waals surface area contributed by atoms with Crippen molar-refractivity contribution in [1.29, 1.82) is 0 Å². The van der Waals surface area contributed by atoms with E-state index in [1.165, 1.54) is 22.8 Å². The van der Waals surface area contributed by atoms with Gasteiger partial charge in [0.05, 0.1) is 6.10 Å². The van der Waals surface area contributed by atoms with Crippen LogP contribution in [-0.4, -0.2) is 6.61 Å². The van der Waals surface area contributed by atoms with Crippen LogP contribution < -0.4 is 0 Å². The highest BCUT2D eigenvalue weighted by molar-refractivity contribution is 5.86. The Morgan fingerprint density at radius 3 is 2.73 bits per heavy atom. The fraction of sp³-hybridized carbons (Fsp3) is 0.286. The van der Waals surface area contributed by atoms with E-state index in [0.29, 0.717) is 6.10 Å². The van der Waals surface area contributed by atoms with Crippen LogP contribution in [-0.2, 0) is 4.74 Å². The largest absolute Gasteiger partial charge is 0.374 e. The summed E-state index contributed by atoms with van der Waals surface area (Å²) < 4.78 is 5.75. The number of benzene rings is 2. The molecule has 2 aromatic carbocycles. The summed E-state index contributed by atoms with van der Waals surface area (Å²) in [5.41, 5.74) is 1.35. The smallest absolute Gasteiger partial charge is 0.0831 e. The predicted molar refractivity (Wildman–Crippen MR) is 61.9 cm³/mol. The standard InChI is InChI=1S/C14H14O/c1-2-7-12-11(5-1)6-3-8-13(12)14-9-4-10-15-14/h1-3,5-8,14H,4,9-10H2/t14-/m0/s1. The van der Waals surface area contributed by atoms with E-state index in [0.717, 1.165) is 13.0 Å². The summed E-state index contributed by atoms with van der Waals surface area (Å²) in [4.78, 5) is 0. The first-order valence-electron chi connectivity index (χ1n) is 5.54. The summed E-state index contributed by atoms with van der Waals surface area (Å²) in [6.45, 7) is 0.911. The maximum atomic E-state index is 5.75. The first kappa shape index (κ1) is 8.93. The van der Waals surface area contributed by atoms with Crippen LogP contribution in [0.25, 0.3) is 10.8 Å². The predicted octanol–water partition coefficient (Wildman–Crippen LogP) is 3.69. The molecule has 1 atom stereocenters. The van der Waals surface area contributed by atoms with E-state index in [4.69, 9.17) is 4.74 Å². The Bertz CT molecular complexity index is 464. The molecule has 0 aliphatic carbocycles. The van der Waals surface area contributed by atoms with Crippen LogP contribution in [0.3, 0.4) is 0 Å². The zero-order valence-electron chi connectivity index (χ0n) is 8.65. The number of rotatable bonds is 1. The number of hydrogen-bond donors (Lipinski definition) is 0. The van der Waals surface area contributed by atoms with Gasteiger partial charge in [-0.3, -0.25) is 0 Å². The van der Waals surface area contributed by atoms with Crippen molar-refractivity contribution in [1.82, 2.24) is 0 Å². The molecule has 0 saturated carbocycles. The molecule has 15 heavy (non-hydrogen) atoms. The van der Waals surface area contributed by atoms with Gasteiger partial charge in [0.15, 0.2) is 0 Å². The van der Waals surface area contributed by atoms with Crippen LogP contribution in [0.2, 0.25) is 0 Å². The molecule has 2 aromatic rings. The quantitative estimate of drug-likeness (QED) is 0.679. The van der Waals surface area contributed by atoms with E-state index < -0.39 is 0 Å². The molecule has 1 aliphatic heterocycles. The van der Waals surface area contributed by atoms with Crippen molar-refractivity contribution in [2.75, 3.05) is 6.61 Å². The molecule has 0 unspecified atom stereocenters. The van der Waals surface area contributed by atoms with Crippen molar-refractivity contribution in [2.24, 2.45) is 0 Å². The SMILES string of the molecule is c1ccc2c([C@@H]3CCCO3)cccc2c1. The van der Waals surface area contributed by atoms with E-state index in [1.807, 2.05) is 0 Å². The Labute approximate surface area is 89.7 Å².